The second kappa shape index (κ2) is 6.53. The van der Waals surface area contributed by atoms with E-state index in [1.54, 1.807) is 33.2 Å². The number of phenolic OH excluding ortho intramolecular Hbond substituents is 2. The standard InChI is InChI=1S/C22H22N2O7/c1-8-9-5-4-6-12(25)13(9)17(26)14-10(8)7-11-16(24(2)3)18(27)15(21(23)30)20(29)22(11,31)19(14)28/h4-6,11,16,25-26,29,31H,7H2,1-3H3,(H2,23,30)/p+1/t11-,16-,22-/m0/s1. The third kappa shape index (κ3) is 2.47. The largest absolute Gasteiger partial charge is 0.508 e. The molecule has 3 atom stereocenters. The average Bonchev–Trinajstić information content (AvgIpc) is 2.68. The van der Waals surface area contributed by atoms with E-state index in [1.165, 1.54) is 6.07 Å². The second-order valence-electron chi connectivity index (χ2n) is 8.44. The Bertz CT molecular complexity index is 1230. The number of aliphatic hydroxyl groups is 2. The molecule has 0 aromatic heterocycles. The van der Waals surface area contributed by atoms with Gasteiger partial charge in [0.2, 0.25) is 11.6 Å². The topological polar surface area (TPSA) is 163 Å². The highest BCUT2D eigenvalue weighted by molar-refractivity contribution is 6.24. The van der Waals surface area contributed by atoms with Crippen molar-refractivity contribution in [2.45, 2.75) is 25.0 Å². The molecular formula is C22H23N2O7+. The van der Waals surface area contributed by atoms with Crippen molar-refractivity contribution in [1.82, 2.24) is 0 Å². The van der Waals surface area contributed by atoms with Gasteiger partial charge in [-0.05, 0) is 35.9 Å². The number of primary amides is 1. The van der Waals surface area contributed by atoms with Gasteiger partial charge in [-0.3, -0.25) is 14.4 Å². The van der Waals surface area contributed by atoms with E-state index >= 15 is 0 Å². The number of carbonyl (C=O) groups is 3. The predicted octanol–water partition coefficient (Wildman–Crippen LogP) is -0.961. The summed E-state index contributed by atoms with van der Waals surface area (Å²) in [5.74, 6) is -6.05. The monoisotopic (exact) mass is 427 g/mol. The molecule has 2 aromatic carbocycles. The summed E-state index contributed by atoms with van der Waals surface area (Å²) in [6.07, 6.45) is -0.0275. The lowest BCUT2D eigenvalue weighted by atomic mass is 9.61. The predicted molar refractivity (Wildman–Crippen MR) is 109 cm³/mol. The first-order chi connectivity index (χ1) is 14.4. The number of Topliss-reactive ketones (excluding diaryl/α,β-unsaturated/α-hetero) is 2. The number of fused-ring (bicyclic) bond motifs is 3. The Hall–Kier alpha value is -3.43. The molecule has 0 saturated heterocycles. The second-order valence-corrected chi connectivity index (χ2v) is 8.44. The van der Waals surface area contributed by atoms with Crippen molar-refractivity contribution in [3.8, 4) is 11.5 Å². The summed E-state index contributed by atoms with van der Waals surface area (Å²) >= 11 is 0. The number of hydrogen-bond donors (Lipinski definition) is 6. The number of amides is 1. The van der Waals surface area contributed by atoms with Crippen molar-refractivity contribution >= 4 is 28.2 Å². The Kier molecular flexibility index (Phi) is 4.39. The molecule has 7 N–H and O–H groups in total. The van der Waals surface area contributed by atoms with Crippen LogP contribution in [0.4, 0.5) is 0 Å². The molecule has 4 rings (SSSR count). The van der Waals surface area contributed by atoms with Gasteiger partial charge in [0.1, 0.15) is 22.8 Å². The molecule has 162 valence electrons. The van der Waals surface area contributed by atoms with Crippen LogP contribution >= 0.6 is 0 Å². The third-order valence-electron chi connectivity index (χ3n) is 6.61. The summed E-state index contributed by atoms with van der Waals surface area (Å²) < 4.78 is 0. The first kappa shape index (κ1) is 20.8. The minimum atomic E-state index is -2.63. The summed E-state index contributed by atoms with van der Waals surface area (Å²) in [6, 6.07) is 3.59. The Morgan fingerprint density at radius 3 is 2.42 bits per heavy atom. The molecule has 0 bridgehead atoms. The SMILES string of the molecule is Cc1c2c(c(O)c3c(O)cccc13)C(=O)[C@]1(O)C(O)=C(C(N)=O)C(=O)[C@@H]([NH+](C)C)[C@@H]1C2. The fourth-order valence-corrected chi connectivity index (χ4v) is 5.14. The van der Waals surface area contributed by atoms with Gasteiger partial charge < -0.3 is 31.1 Å². The van der Waals surface area contributed by atoms with Crippen molar-refractivity contribution in [1.29, 1.82) is 0 Å². The fraction of sp³-hybridized carbons (Fsp3) is 0.318. The van der Waals surface area contributed by atoms with Crippen LogP contribution in [-0.4, -0.2) is 63.6 Å². The summed E-state index contributed by atoms with van der Waals surface area (Å²) in [7, 11) is 3.26. The van der Waals surface area contributed by atoms with E-state index in [0.717, 1.165) is 0 Å². The summed E-state index contributed by atoms with van der Waals surface area (Å²) in [6.45, 7) is 1.71. The normalized spacial score (nSPS) is 25.7. The number of likely N-dealkylation sites (N-methyl/N-ethyl adjacent to an activating group) is 1. The molecule has 0 heterocycles. The van der Waals surface area contributed by atoms with Crippen LogP contribution in [0.3, 0.4) is 0 Å². The van der Waals surface area contributed by atoms with E-state index in [9.17, 15) is 34.8 Å². The van der Waals surface area contributed by atoms with Crippen molar-refractivity contribution in [2.75, 3.05) is 14.1 Å². The Morgan fingerprint density at radius 1 is 1.19 bits per heavy atom. The quantitative estimate of drug-likeness (QED) is 0.336. The maximum Gasteiger partial charge on any atom is 0.256 e. The van der Waals surface area contributed by atoms with Gasteiger partial charge in [0.15, 0.2) is 11.6 Å². The number of aromatic hydroxyl groups is 2. The molecule has 1 amide bonds. The van der Waals surface area contributed by atoms with Gasteiger partial charge in [-0.1, -0.05) is 12.1 Å². The van der Waals surface area contributed by atoms with Crippen LogP contribution in [0.25, 0.3) is 10.8 Å². The number of benzene rings is 2. The molecule has 31 heavy (non-hydrogen) atoms. The number of phenols is 2. The average molecular weight is 427 g/mol. The van der Waals surface area contributed by atoms with Crippen molar-refractivity contribution < 1.29 is 39.7 Å². The highest BCUT2D eigenvalue weighted by atomic mass is 16.3. The lowest BCUT2D eigenvalue weighted by Gasteiger charge is -2.45. The molecule has 0 radical (unpaired) electrons. The van der Waals surface area contributed by atoms with Crippen LogP contribution in [0.1, 0.15) is 21.5 Å². The van der Waals surface area contributed by atoms with Crippen LogP contribution in [0, 0.1) is 12.8 Å². The molecular weight excluding hydrogens is 404 g/mol. The van der Waals surface area contributed by atoms with E-state index in [1.807, 2.05) is 0 Å². The number of carbonyl (C=O) groups excluding carboxylic acids is 3. The molecule has 2 aliphatic carbocycles. The lowest BCUT2D eigenvalue weighted by molar-refractivity contribution is -0.880. The number of quaternary nitrogens is 1. The van der Waals surface area contributed by atoms with Crippen LogP contribution in [0.15, 0.2) is 29.5 Å². The van der Waals surface area contributed by atoms with Gasteiger partial charge in [0.05, 0.1) is 31.0 Å². The molecule has 0 spiro atoms. The zero-order chi connectivity index (χ0) is 23.0. The van der Waals surface area contributed by atoms with Gasteiger partial charge in [-0.2, -0.15) is 0 Å². The number of nitrogens with two attached hydrogens (primary N) is 1. The van der Waals surface area contributed by atoms with Crippen molar-refractivity contribution in [2.24, 2.45) is 11.7 Å². The van der Waals surface area contributed by atoms with E-state index in [2.05, 4.69) is 0 Å². The number of aryl methyl sites for hydroxylation is 1. The van der Waals surface area contributed by atoms with Crippen molar-refractivity contribution in [3.63, 3.8) is 0 Å². The zero-order valence-corrected chi connectivity index (χ0v) is 17.2. The van der Waals surface area contributed by atoms with E-state index in [0.29, 0.717) is 21.4 Å². The first-order valence-electron chi connectivity index (χ1n) is 9.75. The van der Waals surface area contributed by atoms with Gasteiger partial charge in [0.25, 0.3) is 5.91 Å². The minimum Gasteiger partial charge on any atom is -0.508 e. The number of ketones is 2. The first-order valence-corrected chi connectivity index (χ1v) is 9.75. The number of rotatable bonds is 2. The Balaban J connectivity index is 2.11. The summed E-state index contributed by atoms with van der Waals surface area (Å²) in [5.41, 5.74) is 2.58. The number of hydrogen-bond acceptors (Lipinski definition) is 7. The van der Waals surface area contributed by atoms with Gasteiger partial charge in [0, 0.05) is 0 Å². The van der Waals surface area contributed by atoms with Gasteiger partial charge in [-0.15, -0.1) is 0 Å². The highest BCUT2D eigenvalue weighted by Crippen LogP contribution is 2.49. The molecule has 9 nitrogen and oxygen atoms in total. The molecule has 0 unspecified atom stereocenters. The fourth-order valence-electron chi connectivity index (χ4n) is 5.14. The van der Waals surface area contributed by atoms with Crippen LogP contribution in [0.5, 0.6) is 11.5 Å². The van der Waals surface area contributed by atoms with Crippen LogP contribution in [0.2, 0.25) is 0 Å². The van der Waals surface area contributed by atoms with E-state index < -0.39 is 52.1 Å². The molecule has 2 aromatic rings. The third-order valence-corrected chi connectivity index (χ3v) is 6.61. The summed E-state index contributed by atoms with van der Waals surface area (Å²) in [4.78, 5) is 39.1. The number of nitrogens with one attached hydrogen (secondary N) is 1. The van der Waals surface area contributed by atoms with Gasteiger partial charge in [-0.25, -0.2) is 0 Å². The summed E-state index contributed by atoms with van der Waals surface area (Å²) in [5, 5.41) is 44.0. The maximum atomic E-state index is 13.6. The minimum absolute atomic E-state index is 0.0275. The maximum absolute atomic E-state index is 13.6. The molecule has 0 fully saturated rings. The van der Waals surface area contributed by atoms with E-state index in [-0.39, 0.29) is 23.1 Å². The molecule has 0 aliphatic heterocycles. The smallest absolute Gasteiger partial charge is 0.256 e. The Morgan fingerprint density at radius 2 is 1.84 bits per heavy atom. The zero-order valence-electron chi connectivity index (χ0n) is 17.2. The molecule has 2 aliphatic rings. The molecule has 9 heteroatoms. The van der Waals surface area contributed by atoms with E-state index in [4.69, 9.17) is 5.73 Å². The van der Waals surface area contributed by atoms with Crippen molar-refractivity contribution in [3.05, 3.63) is 46.2 Å². The van der Waals surface area contributed by atoms with Crippen LogP contribution < -0.4 is 10.6 Å². The highest BCUT2D eigenvalue weighted by Gasteiger charge is 2.64. The molecule has 0 saturated carbocycles. The number of aliphatic hydroxyl groups excluding tert-OH is 1. The van der Waals surface area contributed by atoms with Crippen LogP contribution in [-0.2, 0) is 16.0 Å². The van der Waals surface area contributed by atoms with Gasteiger partial charge >= 0.3 is 0 Å². The Labute approximate surface area is 177 Å². The lowest BCUT2D eigenvalue weighted by Crippen LogP contribution is -3.13.